The van der Waals surface area contributed by atoms with Gasteiger partial charge in [-0.25, -0.2) is 14.8 Å². The van der Waals surface area contributed by atoms with Crippen LogP contribution in [0, 0.1) is 0 Å². The van der Waals surface area contributed by atoms with Gasteiger partial charge < -0.3 is 9.84 Å². The zero-order valence-electron chi connectivity index (χ0n) is 12.7. The second-order valence-corrected chi connectivity index (χ2v) is 5.00. The van der Waals surface area contributed by atoms with E-state index in [4.69, 9.17) is 9.84 Å². The molecule has 1 heterocycles. The van der Waals surface area contributed by atoms with Crippen molar-refractivity contribution in [2.75, 3.05) is 6.61 Å². The van der Waals surface area contributed by atoms with Gasteiger partial charge in [0.15, 0.2) is 11.9 Å². The molecule has 0 amide bonds. The summed E-state index contributed by atoms with van der Waals surface area (Å²) >= 11 is 0. The van der Waals surface area contributed by atoms with E-state index >= 15 is 0 Å². The Labute approximate surface area is 136 Å². The van der Waals surface area contributed by atoms with Crippen LogP contribution in [0.5, 0.6) is 0 Å². The van der Waals surface area contributed by atoms with Gasteiger partial charge in [-0.2, -0.15) is 13.2 Å². The summed E-state index contributed by atoms with van der Waals surface area (Å²) in [5.41, 5.74) is 0.442. The van der Waals surface area contributed by atoms with Crippen LogP contribution in [-0.4, -0.2) is 33.8 Å². The Hall–Kier alpha value is -2.48. The summed E-state index contributed by atoms with van der Waals surface area (Å²) in [4.78, 5) is 19.3. The number of aliphatic hydroxyl groups is 1. The highest BCUT2D eigenvalue weighted by molar-refractivity contribution is 5.89. The maximum atomic E-state index is 12.4. The Balaban J connectivity index is 2.13. The SMILES string of the molecule is CCCOC(=O)c1ccc(-c2ncc(C(O)C(F)(F)F)cn2)cc1. The molecule has 1 aromatic heterocycles. The zero-order valence-corrected chi connectivity index (χ0v) is 12.7. The molecule has 8 heteroatoms. The number of nitrogens with zero attached hydrogens (tertiary/aromatic N) is 2. The first kappa shape index (κ1) is 17.9. The van der Waals surface area contributed by atoms with Crippen LogP contribution in [0.4, 0.5) is 13.2 Å². The predicted octanol–water partition coefficient (Wildman–Crippen LogP) is 3.31. The van der Waals surface area contributed by atoms with Crippen LogP contribution in [0.3, 0.4) is 0 Å². The van der Waals surface area contributed by atoms with Gasteiger partial charge in [-0.05, 0) is 18.6 Å². The number of carbonyl (C=O) groups excluding carboxylic acids is 1. The first-order valence-electron chi connectivity index (χ1n) is 7.17. The molecule has 1 aromatic carbocycles. The van der Waals surface area contributed by atoms with Gasteiger partial charge >= 0.3 is 12.1 Å². The lowest BCUT2D eigenvalue weighted by Crippen LogP contribution is -2.20. The molecule has 5 nitrogen and oxygen atoms in total. The fourth-order valence-electron chi connectivity index (χ4n) is 1.85. The number of hydrogen-bond acceptors (Lipinski definition) is 5. The molecule has 0 aliphatic heterocycles. The van der Waals surface area contributed by atoms with Gasteiger partial charge in [0.1, 0.15) is 0 Å². The van der Waals surface area contributed by atoms with Gasteiger partial charge in [-0.15, -0.1) is 0 Å². The second kappa shape index (κ2) is 7.39. The van der Waals surface area contributed by atoms with Gasteiger partial charge in [0.25, 0.3) is 0 Å². The van der Waals surface area contributed by atoms with Crippen LogP contribution < -0.4 is 0 Å². The van der Waals surface area contributed by atoms with Crippen LogP contribution in [0.2, 0.25) is 0 Å². The number of halogens is 3. The third-order valence-electron chi connectivity index (χ3n) is 3.11. The molecule has 1 N–H and O–H groups in total. The molecule has 0 saturated carbocycles. The Morgan fingerprint density at radius 3 is 2.29 bits per heavy atom. The molecule has 24 heavy (non-hydrogen) atoms. The fourth-order valence-corrected chi connectivity index (χ4v) is 1.85. The number of aromatic nitrogens is 2. The highest BCUT2D eigenvalue weighted by Crippen LogP contribution is 2.32. The van der Waals surface area contributed by atoms with Crippen molar-refractivity contribution in [2.45, 2.75) is 25.6 Å². The molecule has 0 aliphatic carbocycles. The maximum absolute atomic E-state index is 12.4. The van der Waals surface area contributed by atoms with Crippen molar-refractivity contribution in [1.82, 2.24) is 9.97 Å². The fraction of sp³-hybridized carbons (Fsp3) is 0.312. The lowest BCUT2D eigenvalue weighted by Gasteiger charge is -2.14. The van der Waals surface area contributed by atoms with Crippen LogP contribution in [0.15, 0.2) is 36.7 Å². The second-order valence-electron chi connectivity index (χ2n) is 5.00. The molecule has 2 rings (SSSR count). The monoisotopic (exact) mass is 340 g/mol. The van der Waals surface area contributed by atoms with Gasteiger partial charge in [-0.3, -0.25) is 0 Å². The molecule has 128 valence electrons. The van der Waals surface area contributed by atoms with Crippen LogP contribution in [0.25, 0.3) is 11.4 Å². The summed E-state index contributed by atoms with van der Waals surface area (Å²) in [6.07, 6.45) is -4.84. The van der Waals surface area contributed by atoms with E-state index in [9.17, 15) is 18.0 Å². The highest BCUT2D eigenvalue weighted by Gasteiger charge is 2.39. The summed E-state index contributed by atoms with van der Waals surface area (Å²) in [5.74, 6) is -0.269. The Bertz CT molecular complexity index is 685. The molecule has 0 fully saturated rings. The van der Waals surface area contributed by atoms with Crippen molar-refractivity contribution >= 4 is 5.97 Å². The Kier molecular flexibility index (Phi) is 5.50. The minimum absolute atomic E-state index is 0.182. The number of hydrogen-bond donors (Lipinski definition) is 1. The lowest BCUT2D eigenvalue weighted by molar-refractivity contribution is -0.206. The van der Waals surface area contributed by atoms with Crippen LogP contribution in [-0.2, 0) is 4.74 Å². The molecular weight excluding hydrogens is 325 g/mol. The molecule has 0 aliphatic rings. The smallest absolute Gasteiger partial charge is 0.418 e. The number of esters is 1. The van der Waals surface area contributed by atoms with Crippen LogP contribution in [0.1, 0.15) is 35.4 Å². The number of carbonyl (C=O) groups is 1. The van der Waals surface area contributed by atoms with E-state index in [1.54, 1.807) is 12.1 Å². The van der Waals surface area contributed by atoms with Gasteiger partial charge in [-0.1, -0.05) is 19.1 Å². The van der Waals surface area contributed by atoms with E-state index in [1.807, 2.05) is 6.92 Å². The van der Waals surface area contributed by atoms with E-state index in [0.29, 0.717) is 24.2 Å². The minimum atomic E-state index is -4.77. The van der Waals surface area contributed by atoms with Crippen molar-refractivity contribution in [2.24, 2.45) is 0 Å². The third kappa shape index (κ3) is 4.29. The quantitative estimate of drug-likeness (QED) is 0.846. The average molecular weight is 340 g/mol. The van der Waals surface area contributed by atoms with E-state index in [-0.39, 0.29) is 5.82 Å². The molecule has 1 atom stereocenters. The molecule has 0 saturated heterocycles. The van der Waals surface area contributed by atoms with Crippen molar-refractivity contribution in [1.29, 1.82) is 0 Å². The molecule has 0 spiro atoms. The van der Waals surface area contributed by atoms with Crippen LogP contribution >= 0.6 is 0 Å². The molecule has 2 aromatic rings. The Morgan fingerprint density at radius 1 is 1.21 bits per heavy atom. The van der Waals surface area contributed by atoms with Crippen molar-refractivity contribution < 1.29 is 27.8 Å². The molecular formula is C16H15F3N2O3. The zero-order chi connectivity index (χ0) is 17.7. The van der Waals surface area contributed by atoms with Crippen molar-refractivity contribution in [3.63, 3.8) is 0 Å². The van der Waals surface area contributed by atoms with Gasteiger partial charge in [0, 0.05) is 23.5 Å². The van der Waals surface area contributed by atoms with E-state index in [1.165, 1.54) is 12.1 Å². The molecule has 0 radical (unpaired) electrons. The third-order valence-corrected chi connectivity index (χ3v) is 3.11. The average Bonchev–Trinajstić information content (AvgIpc) is 2.58. The number of benzene rings is 1. The summed E-state index contributed by atoms with van der Waals surface area (Å²) in [7, 11) is 0. The summed E-state index contributed by atoms with van der Waals surface area (Å²) in [5, 5.41) is 9.13. The van der Waals surface area contributed by atoms with Gasteiger partial charge in [0.05, 0.1) is 12.2 Å². The number of ether oxygens (including phenoxy) is 1. The first-order valence-corrected chi connectivity index (χ1v) is 7.17. The van der Waals surface area contributed by atoms with E-state index < -0.39 is 23.8 Å². The first-order chi connectivity index (χ1) is 11.3. The number of aliphatic hydroxyl groups excluding tert-OH is 1. The summed E-state index contributed by atoms with van der Waals surface area (Å²) < 4.78 is 42.2. The van der Waals surface area contributed by atoms with E-state index in [2.05, 4.69) is 9.97 Å². The molecule has 0 bridgehead atoms. The van der Waals surface area contributed by atoms with Crippen molar-refractivity contribution in [3.05, 3.63) is 47.8 Å². The molecule has 1 unspecified atom stereocenters. The topological polar surface area (TPSA) is 72.3 Å². The number of alkyl halides is 3. The van der Waals surface area contributed by atoms with E-state index in [0.717, 1.165) is 12.4 Å². The maximum Gasteiger partial charge on any atom is 0.418 e. The highest BCUT2D eigenvalue weighted by atomic mass is 19.4. The lowest BCUT2D eigenvalue weighted by atomic mass is 10.1. The Morgan fingerprint density at radius 2 is 1.79 bits per heavy atom. The van der Waals surface area contributed by atoms with Crippen molar-refractivity contribution in [3.8, 4) is 11.4 Å². The summed E-state index contributed by atoms with van der Waals surface area (Å²) in [6, 6.07) is 6.18. The minimum Gasteiger partial charge on any atom is -0.462 e. The number of rotatable bonds is 5. The summed E-state index contributed by atoms with van der Waals surface area (Å²) in [6.45, 7) is 2.21. The largest absolute Gasteiger partial charge is 0.462 e. The normalized spacial score (nSPS) is 12.7. The standard InChI is InChI=1S/C16H15F3N2O3/c1-2-7-24-15(23)11-5-3-10(4-6-11)14-20-8-12(9-21-14)13(22)16(17,18)19/h3-6,8-9,13,22H,2,7H2,1H3. The van der Waals surface area contributed by atoms with Gasteiger partial charge in [0.2, 0.25) is 0 Å². The predicted molar refractivity (Wildman–Crippen MR) is 79.1 cm³/mol.